The van der Waals surface area contributed by atoms with Crippen LogP contribution in [0.5, 0.6) is 0 Å². The Labute approximate surface area is 188 Å². The molecule has 1 fully saturated rings. The van der Waals surface area contributed by atoms with Crippen molar-refractivity contribution >= 4 is 40.5 Å². The van der Waals surface area contributed by atoms with Crippen LogP contribution < -0.4 is 4.90 Å². The van der Waals surface area contributed by atoms with E-state index in [-0.39, 0.29) is 0 Å². The van der Waals surface area contributed by atoms with E-state index >= 15 is 0 Å². The number of piperazine rings is 1. The van der Waals surface area contributed by atoms with Gasteiger partial charge >= 0.3 is 0 Å². The number of allylic oxidation sites excluding steroid dienone is 3. The average molecular weight is 454 g/mol. The largest absolute Gasteiger partial charge is 0.368 e. The molecule has 0 radical (unpaired) electrons. The van der Waals surface area contributed by atoms with Crippen molar-refractivity contribution in [3.8, 4) is 0 Å². The second-order valence-electron chi connectivity index (χ2n) is 7.70. The lowest BCUT2D eigenvalue weighted by molar-refractivity contribution is 0.0903. The van der Waals surface area contributed by atoms with Crippen molar-refractivity contribution in [2.75, 3.05) is 50.7 Å². The first-order chi connectivity index (χ1) is 14.1. The number of hydrogen-bond donors (Lipinski definition) is 0. The molecule has 0 spiro atoms. The number of anilines is 1. The molecule has 7 heteroatoms. The molecule has 3 aliphatic rings. The number of nitrogens with zero attached hydrogens (tertiary/aromatic N) is 4. The minimum Gasteiger partial charge on any atom is -0.368 e. The molecule has 3 aliphatic heterocycles. The second-order valence-corrected chi connectivity index (χ2v) is 8.92. The van der Waals surface area contributed by atoms with Gasteiger partial charge < -0.3 is 4.90 Å². The number of hydrazine groups is 1. The Hall–Kier alpha value is -1.17. The van der Waals surface area contributed by atoms with E-state index in [0.29, 0.717) is 10.0 Å². The van der Waals surface area contributed by atoms with Crippen LogP contribution in [0.1, 0.15) is 19.3 Å². The van der Waals surface area contributed by atoms with Crippen LogP contribution in [0.3, 0.4) is 0 Å². The molecular weight excluding hydrogens is 427 g/mol. The van der Waals surface area contributed by atoms with Crippen LogP contribution in [0.2, 0.25) is 10.0 Å². The molecule has 0 bridgehead atoms. The number of hydrogen-bond acceptors (Lipinski definition) is 4. The third-order valence-corrected chi connectivity index (χ3v) is 6.81. The monoisotopic (exact) mass is 452 g/mol. The van der Waals surface area contributed by atoms with E-state index in [9.17, 15) is 0 Å². The molecule has 3 heterocycles. The third-order valence-electron chi connectivity index (χ3n) is 5.77. The van der Waals surface area contributed by atoms with E-state index in [1.165, 1.54) is 31.5 Å². The van der Waals surface area contributed by atoms with Crippen molar-refractivity contribution < 1.29 is 0 Å². The van der Waals surface area contributed by atoms with Gasteiger partial charge in [0.2, 0.25) is 0 Å². The molecule has 1 aromatic carbocycles. The maximum Gasteiger partial charge on any atom is 0.0825 e. The van der Waals surface area contributed by atoms with Crippen molar-refractivity contribution in [1.82, 2.24) is 14.9 Å². The van der Waals surface area contributed by atoms with Crippen molar-refractivity contribution in [3.05, 3.63) is 63.4 Å². The molecule has 156 valence electrons. The van der Waals surface area contributed by atoms with Crippen LogP contribution in [0, 0.1) is 0 Å². The molecule has 1 aromatic rings. The highest BCUT2D eigenvalue weighted by Gasteiger charge is 2.23. The fraction of sp³-hybridized carbons (Fsp3) is 0.455. The van der Waals surface area contributed by atoms with E-state index in [4.69, 9.17) is 34.8 Å². The van der Waals surface area contributed by atoms with Crippen LogP contribution in [0.15, 0.2) is 53.4 Å². The summed E-state index contributed by atoms with van der Waals surface area (Å²) in [7, 11) is 0. The maximum absolute atomic E-state index is 6.37. The molecule has 0 saturated carbocycles. The number of unbranched alkanes of at least 4 members (excludes halogenated alkanes) is 2. The van der Waals surface area contributed by atoms with E-state index in [1.54, 1.807) is 0 Å². The minimum absolute atomic E-state index is 0.630. The molecule has 0 N–H and O–H groups in total. The van der Waals surface area contributed by atoms with Crippen LogP contribution in [0.4, 0.5) is 5.69 Å². The van der Waals surface area contributed by atoms with Crippen molar-refractivity contribution in [2.45, 2.75) is 19.3 Å². The van der Waals surface area contributed by atoms with Crippen molar-refractivity contribution in [1.29, 1.82) is 0 Å². The number of fused-ring (bicyclic) bond motifs is 1. The first kappa shape index (κ1) is 21.1. The summed E-state index contributed by atoms with van der Waals surface area (Å²) >= 11 is 18.7. The standard InChI is InChI=1S/C22H27Cl3N4/c23-18-7-8-19-9-12-28(29(19)17-18)11-3-1-2-10-26-13-15-27(16-14-26)21-6-4-5-20(24)22(21)25/h4-9,17H,1-3,10-16H2. The summed E-state index contributed by atoms with van der Waals surface area (Å²) in [6.07, 6.45) is 12.0. The SMILES string of the molecule is ClC1=CN2C(=CCN2CCCCCN2CCN(c3cccc(Cl)c3Cl)CC2)C=C1. The Morgan fingerprint density at radius 3 is 2.48 bits per heavy atom. The van der Waals surface area contributed by atoms with E-state index in [0.717, 1.165) is 50.0 Å². The lowest BCUT2D eigenvalue weighted by Gasteiger charge is -2.36. The summed E-state index contributed by atoms with van der Waals surface area (Å²) in [6, 6.07) is 5.87. The Bertz CT molecular complexity index is 812. The maximum atomic E-state index is 6.37. The van der Waals surface area contributed by atoms with E-state index in [2.05, 4.69) is 38.0 Å². The Kier molecular flexibility index (Phi) is 7.09. The smallest absolute Gasteiger partial charge is 0.0825 e. The number of halogens is 3. The molecule has 0 amide bonds. The Morgan fingerprint density at radius 1 is 0.862 bits per heavy atom. The van der Waals surface area contributed by atoms with Gasteiger partial charge in [-0.2, -0.15) is 0 Å². The molecule has 0 unspecified atom stereocenters. The van der Waals surface area contributed by atoms with Crippen LogP contribution in [0.25, 0.3) is 0 Å². The summed E-state index contributed by atoms with van der Waals surface area (Å²) in [4.78, 5) is 4.90. The average Bonchev–Trinajstić information content (AvgIpc) is 3.12. The van der Waals surface area contributed by atoms with Gasteiger partial charge in [0.05, 0.1) is 26.5 Å². The molecule has 29 heavy (non-hydrogen) atoms. The van der Waals surface area contributed by atoms with Gasteiger partial charge in [0.15, 0.2) is 0 Å². The van der Waals surface area contributed by atoms with Gasteiger partial charge in [-0.1, -0.05) is 47.3 Å². The second kappa shape index (κ2) is 9.76. The first-order valence-corrected chi connectivity index (χ1v) is 11.5. The van der Waals surface area contributed by atoms with E-state index < -0.39 is 0 Å². The van der Waals surface area contributed by atoms with Gasteiger partial charge in [0.25, 0.3) is 0 Å². The predicted molar refractivity (Wildman–Crippen MR) is 124 cm³/mol. The highest BCUT2D eigenvalue weighted by molar-refractivity contribution is 6.43. The van der Waals surface area contributed by atoms with E-state index in [1.807, 2.05) is 24.4 Å². The molecule has 0 aromatic heterocycles. The lowest BCUT2D eigenvalue weighted by Crippen LogP contribution is -2.46. The summed E-state index contributed by atoms with van der Waals surface area (Å²) in [6.45, 7) is 7.34. The Morgan fingerprint density at radius 2 is 1.66 bits per heavy atom. The summed E-state index contributed by atoms with van der Waals surface area (Å²) < 4.78 is 0. The molecular formula is C22H27Cl3N4. The first-order valence-electron chi connectivity index (χ1n) is 10.3. The molecule has 0 atom stereocenters. The van der Waals surface area contributed by atoms with Gasteiger partial charge in [0.1, 0.15) is 0 Å². The summed E-state index contributed by atoms with van der Waals surface area (Å²) in [5.41, 5.74) is 2.28. The Balaban J connectivity index is 1.13. The van der Waals surface area contributed by atoms with Gasteiger partial charge in [-0.25, -0.2) is 5.01 Å². The molecule has 0 aliphatic carbocycles. The summed E-state index contributed by atoms with van der Waals surface area (Å²) in [5, 5.41) is 6.62. The van der Waals surface area contributed by atoms with Gasteiger partial charge in [-0.15, -0.1) is 0 Å². The molecule has 4 nitrogen and oxygen atoms in total. The molecule has 4 rings (SSSR count). The normalized spacial score (nSPS) is 20.1. The minimum atomic E-state index is 0.630. The highest BCUT2D eigenvalue weighted by atomic mass is 35.5. The van der Waals surface area contributed by atoms with Gasteiger partial charge in [-0.3, -0.25) is 9.91 Å². The zero-order chi connectivity index (χ0) is 20.2. The van der Waals surface area contributed by atoms with Crippen LogP contribution in [-0.4, -0.2) is 60.7 Å². The fourth-order valence-corrected chi connectivity index (χ4v) is 4.69. The number of rotatable bonds is 7. The lowest BCUT2D eigenvalue weighted by atomic mass is 10.2. The summed E-state index contributed by atoms with van der Waals surface area (Å²) in [5.74, 6) is 0. The zero-order valence-electron chi connectivity index (χ0n) is 16.5. The van der Waals surface area contributed by atoms with Gasteiger partial charge in [-0.05, 0) is 49.7 Å². The molecule has 1 saturated heterocycles. The van der Waals surface area contributed by atoms with Crippen molar-refractivity contribution in [3.63, 3.8) is 0 Å². The van der Waals surface area contributed by atoms with Gasteiger partial charge in [0, 0.05) is 45.5 Å². The van der Waals surface area contributed by atoms with Crippen molar-refractivity contribution in [2.24, 2.45) is 0 Å². The quantitative estimate of drug-likeness (QED) is 0.516. The third kappa shape index (κ3) is 5.12. The van der Waals surface area contributed by atoms with Crippen LogP contribution in [-0.2, 0) is 0 Å². The highest BCUT2D eigenvalue weighted by Crippen LogP contribution is 2.33. The number of benzene rings is 1. The topological polar surface area (TPSA) is 13.0 Å². The fourth-order valence-electron chi connectivity index (χ4n) is 4.12. The predicted octanol–water partition coefficient (Wildman–Crippen LogP) is 5.35. The van der Waals surface area contributed by atoms with Crippen LogP contribution >= 0.6 is 34.8 Å². The zero-order valence-corrected chi connectivity index (χ0v) is 18.8.